The Balaban J connectivity index is 2.39. The quantitative estimate of drug-likeness (QED) is 0.664. The lowest BCUT2D eigenvalue weighted by Gasteiger charge is -2.09. The smallest absolute Gasteiger partial charge is 0.323 e. The second kappa shape index (κ2) is 6.88. The summed E-state index contributed by atoms with van der Waals surface area (Å²) in [5, 5.41) is 0.836. The third kappa shape index (κ3) is 4.51. The normalized spacial score (nSPS) is 12.2. The summed E-state index contributed by atoms with van der Waals surface area (Å²) >= 11 is 4.73. The van der Waals surface area contributed by atoms with Gasteiger partial charge in [0.05, 0.1) is 11.6 Å². The zero-order chi connectivity index (χ0) is 12.0. The third-order valence-electron chi connectivity index (χ3n) is 1.70. The number of hydrogen-bond donors (Lipinski definition) is 1. The van der Waals surface area contributed by atoms with Crippen molar-refractivity contribution in [1.82, 2.24) is 4.98 Å². The summed E-state index contributed by atoms with van der Waals surface area (Å²) in [6.07, 6.45) is 1.71. The van der Waals surface area contributed by atoms with Crippen molar-refractivity contribution in [3.63, 3.8) is 0 Å². The Labute approximate surface area is 107 Å². The minimum absolute atomic E-state index is 0.355. The number of nitrogens with zero attached hydrogens (tertiary/aromatic N) is 1. The molecule has 16 heavy (non-hydrogen) atoms. The average molecular weight is 305 g/mol. The van der Waals surface area contributed by atoms with Gasteiger partial charge in [-0.2, -0.15) is 0 Å². The molecule has 0 radical (unpaired) electrons. The molecule has 1 unspecified atom stereocenters. The fourth-order valence-corrected chi connectivity index (χ4v) is 1.95. The monoisotopic (exact) mass is 304 g/mol. The zero-order valence-electron chi connectivity index (χ0n) is 8.85. The van der Waals surface area contributed by atoms with E-state index in [9.17, 15) is 4.79 Å². The Kier molecular flexibility index (Phi) is 5.79. The number of carbonyl (C=O) groups excluding carboxylic acids is 1. The molecule has 0 aromatic carbocycles. The molecule has 2 N–H and O–H groups in total. The summed E-state index contributed by atoms with van der Waals surface area (Å²) in [5.74, 6) is 0.0973. The van der Waals surface area contributed by atoms with Gasteiger partial charge in [-0.1, -0.05) is 0 Å². The first-order valence-corrected chi connectivity index (χ1v) is 6.58. The van der Waals surface area contributed by atoms with Crippen LogP contribution in [-0.4, -0.2) is 29.4 Å². The topological polar surface area (TPSA) is 65.2 Å². The van der Waals surface area contributed by atoms with Crippen molar-refractivity contribution in [3.05, 3.63) is 22.8 Å². The van der Waals surface area contributed by atoms with Gasteiger partial charge in [-0.25, -0.2) is 4.98 Å². The van der Waals surface area contributed by atoms with Gasteiger partial charge in [0, 0.05) is 16.4 Å². The van der Waals surface area contributed by atoms with Gasteiger partial charge >= 0.3 is 5.97 Å². The molecule has 0 saturated carbocycles. The lowest BCUT2D eigenvalue weighted by atomic mass is 10.4. The molecular weight excluding hydrogens is 292 g/mol. The van der Waals surface area contributed by atoms with Crippen molar-refractivity contribution >= 4 is 33.7 Å². The van der Waals surface area contributed by atoms with Crippen molar-refractivity contribution in [2.45, 2.75) is 18.0 Å². The van der Waals surface area contributed by atoms with E-state index in [1.54, 1.807) is 13.1 Å². The molecule has 6 heteroatoms. The Morgan fingerprint density at radius 3 is 3.00 bits per heavy atom. The Hall–Kier alpha value is -0.590. The van der Waals surface area contributed by atoms with Crippen LogP contribution in [0.5, 0.6) is 0 Å². The van der Waals surface area contributed by atoms with Crippen molar-refractivity contribution < 1.29 is 9.53 Å². The summed E-state index contributed by atoms with van der Waals surface area (Å²) in [6.45, 7) is 2.11. The second-order valence-corrected chi connectivity index (χ2v) is 4.94. The SMILES string of the molecule is CCOC(=O)C(N)CSc1ccc(Br)cn1. The number of rotatable bonds is 5. The van der Waals surface area contributed by atoms with E-state index >= 15 is 0 Å². The van der Waals surface area contributed by atoms with Crippen molar-refractivity contribution in [3.8, 4) is 0 Å². The van der Waals surface area contributed by atoms with E-state index in [1.807, 2.05) is 12.1 Å². The van der Waals surface area contributed by atoms with Gasteiger partial charge in [-0.05, 0) is 35.0 Å². The lowest BCUT2D eigenvalue weighted by Crippen LogP contribution is -2.34. The van der Waals surface area contributed by atoms with Crippen LogP contribution in [0.2, 0.25) is 0 Å². The molecular formula is C10H13BrN2O2S. The fraction of sp³-hybridized carbons (Fsp3) is 0.400. The molecule has 4 nitrogen and oxygen atoms in total. The molecule has 0 aliphatic rings. The molecule has 0 fully saturated rings. The van der Waals surface area contributed by atoms with E-state index in [1.165, 1.54) is 11.8 Å². The van der Waals surface area contributed by atoms with Crippen LogP contribution in [0.1, 0.15) is 6.92 Å². The number of aromatic nitrogens is 1. The molecule has 88 valence electrons. The number of hydrogen-bond acceptors (Lipinski definition) is 5. The first-order chi connectivity index (χ1) is 7.63. The number of thioether (sulfide) groups is 1. The van der Waals surface area contributed by atoms with Crippen LogP contribution in [0.25, 0.3) is 0 Å². The van der Waals surface area contributed by atoms with Gasteiger partial charge < -0.3 is 10.5 Å². The van der Waals surface area contributed by atoms with Crippen LogP contribution in [0.3, 0.4) is 0 Å². The molecule has 1 heterocycles. The van der Waals surface area contributed by atoms with Gasteiger partial charge in [-0.3, -0.25) is 4.79 Å². The van der Waals surface area contributed by atoms with Crippen molar-refractivity contribution in [1.29, 1.82) is 0 Å². The Morgan fingerprint density at radius 1 is 1.69 bits per heavy atom. The molecule has 1 aromatic rings. The largest absolute Gasteiger partial charge is 0.465 e. The number of carbonyl (C=O) groups is 1. The number of pyridine rings is 1. The molecule has 0 spiro atoms. The molecule has 0 amide bonds. The lowest BCUT2D eigenvalue weighted by molar-refractivity contribution is -0.144. The van der Waals surface area contributed by atoms with E-state index in [4.69, 9.17) is 10.5 Å². The molecule has 0 saturated heterocycles. The highest BCUT2D eigenvalue weighted by Gasteiger charge is 2.14. The summed E-state index contributed by atoms with van der Waals surface area (Å²) < 4.78 is 5.73. The number of nitrogens with two attached hydrogens (primary N) is 1. The number of ether oxygens (including phenoxy) is 1. The predicted octanol–water partition coefficient (Wildman–Crippen LogP) is 1.83. The van der Waals surface area contributed by atoms with E-state index in [2.05, 4.69) is 20.9 Å². The molecule has 1 aromatic heterocycles. The maximum absolute atomic E-state index is 11.2. The fourth-order valence-electron chi connectivity index (χ4n) is 0.940. The van der Waals surface area contributed by atoms with Crippen LogP contribution in [0.15, 0.2) is 27.8 Å². The summed E-state index contributed by atoms with van der Waals surface area (Å²) in [5.41, 5.74) is 5.65. The Morgan fingerprint density at radius 2 is 2.44 bits per heavy atom. The van der Waals surface area contributed by atoms with Gasteiger partial charge in [0.15, 0.2) is 0 Å². The maximum atomic E-state index is 11.2. The van der Waals surface area contributed by atoms with Gasteiger partial charge in [-0.15, -0.1) is 11.8 Å². The van der Waals surface area contributed by atoms with Crippen LogP contribution in [-0.2, 0) is 9.53 Å². The summed E-state index contributed by atoms with van der Waals surface area (Å²) in [7, 11) is 0. The van der Waals surface area contributed by atoms with E-state index in [-0.39, 0.29) is 5.97 Å². The van der Waals surface area contributed by atoms with E-state index in [0.29, 0.717) is 12.4 Å². The maximum Gasteiger partial charge on any atom is 0.323 e. The number of halogens is 1. The highest BCUT2D eigenvalue weighted by Crippen LogP contribution is 2.18. The van der Waals surface area contributed by atoms with Gasteiger partial charge in [0.25, 0.3) is 0 Å². The molecule has 0 aliphatic carbocycles. The highest BCUT2D eigenvalue weighted by atomic mass is 79.9. The summed E-state index contributed by atoms with van der Waals surface area (Å²) in [4.78, 5) is 15.4. The summed E-state index contributed by atoms with van der Waals surface area (Å²) in [6, 6.07) is 3.16. The zero-order valence-corrected chi connectivity index (χ0v) is 11.3. The van der Waals surface area contributed by atoms with Crippen molar-refractivity contribution in [2.75, 3.05) is 12.4 Å². The third-order valence-corrected chi connectivity index (χ3v) is 3.23. The Bertz CT molecular complexity index is 345. The van der Waals surface area contributed by atoms with Crippen LogP contribution in [0.4, 0.5) is 0 Å². The van der Waals surface area contributed by atoms with Crippen LogP contribution in [0, 0.1) is 0 Å². The first kappa shape index (κ1) is 13.5. The molecule has 1 rings (SSSR count). The van der Waals surface area contributed by atoms with Crippen LogP contribution >= 0.6 is 27.7 Å². The molecule has 0 bridgehead atoms. The number of esters is 1. The molecule has 1 atom stereocenters. The molecule has 0 aliphatic heterocycles. The average Bonchev–Trinajstić information content (AvgIpc) is 2.28. The van der Waals surface area contributed by atoms with Gasteiger partial charge in [0.2, 0.25) is 0 Å². The van der Waals surface area contributed by atoms with E-state index in [0.717, 1.165) is 9.50 Å². The predicted molar refractivity (Wildman–Crippen MR) is 67.3 cm³/mol. The minimum Gasteiger partial charge on any atom is -0.465 e. The second-order valence-electron chi connectivity index (χ2n) is 2.98. The van der Waals surface area contributed by atoms with Crippen molar-refractivity contribution in [2.24, 2.45) is 5.73 Å². The highest BCUT2D eigenvalue weighted by molar-refractivity contribution is 9.10. The van der Waals surface area contributed by atoms with Crippen LogP contribution < -0.4 is 5.73 Å². The van der Waals surface area contributed by atoms with Gasteiger partial charge in [0.1, 0.15) is 6.04 Å². The minimum atomic E-state index is -0.601. The standard InChI is InChI=1S/C10H13BrN2O2S/c1-2-15-10(14)8(12)6-16-9-4-3-7(11)5-13-9/h3-5,8H,2,6,12H2,1H3. The van der Waals surface area contributed by atoms with E-state index < -0.39 is 6.04 Å². The first-order valence-electron chi connectivity index (χ1n) is 4.80.